The van der Waals surface area contributed by atoms with E-state index in [1.807, 2.05) is 0 Å². The Morgan fingerprint density at radius 3 is 1.47 bits per heavy atom. The molecule has 1 aromatic rings. The summed E-state index contributed by atoms with van der Waals surface area (Å²) >= 11 is 0. The van der Waals surface area contributed by atoms with Gasteiger partial charge in [-0.15, -0.1) is 0 Å². The van der Waals surface area contributed by atoms with Crippen LogP contribution in [-0.2, 0) is 6.42 Å². The van der Waals surface area contributed by atoms with Crippen LogP contribution >= 0.6 is 0 Å². The predicted molar refractivity (Wildman–Crippen MR) is 127 cm³/mol. The van der Waals surface area contributed by atoms with Crippen LogP contribution in [0.15, 0.2) is 18.2 Å². The molecule has 0 aliphatic heterocycles. The molecule has 1 rings (SSSR count). The fourth-order valence-electron chi connectivity index (χ4n) is 4.06. The van der Waals surface area contributed by atoms with Crippen LogP contribution in [0.3, 0.4) is 0 Å². The van der Waals surface area contributed by atoms with Crippen LogP contribution < -0.4 is 11.5 Å². The van der Waals surface area contributed by atoms with Crippen molar-refractivity contribution in [3.8, 4) is 0 Å². The molecular weight excluding hydrogens is 372 g/mol. The predicted octanol–water partition coefficient (Wildman–Crippen LogP) is 6.69. The van der Waals surface area contributed by atoms with Crippen molar-refractivity contribution < 1.29 is 9.59 Å². The number of carbonyl (C=O) groups excluding carboxylic acids is 2. The molecule has 0 fully saturated rings. The van der Waals surface area contributed by atoms with Gasteiger partial charge in [-0.05, 0) is 36.6 Å². The lowest BCUT2D eigenvalue weighted by Crippen LogP contribution is -2.16. The summed E-state index contributed by atoms with van der Waals surface area (Å²) < 4.78 is 0. The van der Waals surface area contributed by atoms with Gasteiger partial charge in [-0.25, -0.2) is 0 Å². The Balaban J connectivity index is 2.02. The number of nitrogens with two attached hydrogens (primary N) is 2. The van der Waals surface area contributed by atoms with Gasteiger partial charge in [0.05, 0.1) is 0 Å². The molecule has 1 aromatic carbocycles. The quantitative estimate of drug-likeness (QED) is 0.246. The second-order valence-corrected chi connectivity index (χ2v) is 8.65. The van der Waals surface area contributed by atoms with E-state index in [4.69, 9.17) is 11.5 Å². The molecule has 0 atom stereocenters. The van der Waals surface area contributed by atoms with Crippen LogP contribution in [0.1, 0.15) is 136 Å². The third-order valence-electron chi connectivity index (χ3n) is 5.95. The van der Waals surface area contributed by atoms with Crippen molar-refractivity contribution in [3.05, 3.63) is 34.9 Å². The molecule has 4 heteroatoms. The van der Waals surface area contributed by atoms with E-state index in [9.17, 15) is 9.59 Å². The summed E-state index contributed by atoms with van der Waals surface area (Å²) in [7, 11) is 0. The summed E-state index contributed by atoms with van der Waals surface area (Å²) in [4.78, 5) is 22.9. The van der Waals surface area contributed by atoms with Crippen LogP contribution in [0, 0.1) is 0 Å². The summed E-state index contributed by atoms with van der Waals surface area (Å²) in [5.41, 5.74) is 12.6. The minimum Gasteiger partial charge on any atom is -0.366 e. The lowest BCUT2D eigenvalue weighted by atomic mass is 9.97. The number of aryl methyl sites for hydroxylation is 1. The number of rotatable bonds is 19. The van der Waals surface area contributed by atoms with Crippen LogP contribution in [0.4, 0.5) is 0 Å². The average molecular weight is 417 g/mol. The fourth-order valence-corrected chi connectivity index (χ4v) is 4.06. The summed E-state index contributed by atoms with van der Waals surface area (Å²) in [5.74, 6) is -0.920. The Morgan fingerprint density at radius 2 is 1.07 bits per heavy atom. The highest BCUT2D eigenvalue weighted by molar-refractivity contribution is 5.97. The highest BCUT2D eigenvalue weighted by Gasteiger charge is 2.11. The first-order chi connectivity index (χ1) is 14.6. The van der Waals surface area contributed by atoms with Gasteiger partial charge < -0.3 is 11.5 Å². The van der Waals surface area contributed by atoms with E-state index in [0.29, 0.717) is 11.1 Å². The molecule has 0 unspecified atom stereocenters. The summed E-state index contributed by atoms with van der Waals surface area (Å²) in [5, 5.41) is 0. The molecule has 0 aliphatic carbocycles. The molecule has 0 saturated heterocycles. The van der Waals surface area contributed by atoms with Crippen molar-refractivity contribution in [1.82, 2.24) is 0 Å². The molecule has 170 valence electrons. The van der Waals surface area contributed by atoms with Crippen molar-refractivity contribution in [2.75, 3.05) is 0 Å². The second-order valence-electron chi connectivity index (χ2n) is 8.65. The summed E-state index contributed by atoms with van der Waals surface area (Å²) in [6, 6.07) is 4.90. The Morgan fingerprint density at radius 1 is 0.633 bits per heavy atom. The highest BCUT2D eigenvalue weighted by Crippen LogP contribution is 2.17. The van der Waals surface area contributed by atoms with E-state index >= 15 is 0 Å². The zero-order valence-corrected chi connectivity index (χ0v) is 19.2. The molecule has 4 N–H and O–H groups in total. The minimum atomic E-state index is -0.473. The molecule has 4 nitrogen and oxygen atoms in total. The Bertz CT molecular complexity index is 613. The van der Waals surface area contributed by atoms with Gasteiger partial charge in [0, 0.05) is 11.1 Å². The van der Waals surface area contributed by atoms with Crippen molar-refractivity contribution in [2.45, 2.75) is 116 Å². The second kappa shape index (κ2) is 16.9. The van der Waals surface area contributed by atoms with Crippen LogP contribution in [0.5, 0.6) is 0 Å². The van der Waals surface area contributed by atoms with Gasteiger partial charge in [0.1, 0.15) is 0 Å². The van der Waals surface area contributed by atoms with Crippen LogP contribution in [0.25, 0.3) is 0 Å². The van der Waals surface area contributed by atoms with Gasteiger partial charge in [-0.3, -0.25) is 9.59 Å². The van der Waals surface area contributed by atoms with E-state index in [-0.39, 0.29) is 0 Å². The standard InChI is InChI=1S/C26H44N2O2/c1-2-3-4-5-6-7-8-9-10-11-12-13-14-15-16-17-18-22-21-23(25(27)29)19-20-24(22)26(28)30/h19-21H,2-18H2,1H3,(H2,27,29)(H2,28,30). The maximum Gasteiger partial charge on any atom is 0.248 e. The number of unbranched alkanes of at least 4 members (excludes halogenated alkanes) is 15. The van der Waals surface area contributed by atoms with Crippen molar-refractivity contribution in [3.63, 3.8) is 0 Å². The molecule has 0 radical (unpaired) electrons. The van der Waals surface area contributed by atoms with E-state index < -0.39 is 11.8 Å². The Kier molecular flexibility index (Phi) is 14.8. The van der Waals surface area contributed by atoms with Crippen LogP contribution in [-0.4, -0.2) is 11.8 Å². The van der Waals surface area contributed by atoms with Gasteiger partial charge >= 0.3 is 0 Å². The number of amides is 2. The fraction of sp³-hybridized carbons (Fsp3) is 0.692. The maximum atomic E-state index is 11.6. The number of primary amides is 2. The van der Waals surface area contributed by atoms with Crippen LogP contribution in [0.2, 0.25) is 0 Å². The average Bonchev–Trinajstić information content (AvgIpc) is 2.73. The first-order valence-electron chi connectivity index (χ1n) is 12.3. The molecule has 30 heavy (non-hydrogen) atoms. The smallest absolute Gasteiger partial charge is 0.248 e. The third-order valence-corrected chi connectivity index (χ3v) is 5.95. The number of carbonyl (C=O) groups is 2. The minimum absolute atomic E-state index is 0.437. The zero-order valence-electron chi connectivity index (χ0n) is 19.2. The number of hydrogen-bond acceptors (Lipinski definition) is 2. The van der Waals surface area contributed by atoms with Gasteiger partial charge in [-0.2, -0.15) is 0 Å². The molecule has 0 spiro atoms. The van der Waals surface area contributed by atoms with E-state index in [1.54, 1.807) is 18.2 Å². The van der Waals surface area contributed by atoms with Crippen molar-refractivity contribution in [1.29, 1.82) is 0 Å². The van der Waals surface area contributed by atoms with Gasteiger partial charge in [0.2, 0.25) is 11.8 Å². The molecule has 2 amide bonds. The molecular formula is C26H44N2O2. The van der Waals surface area contributed by atoms with E-state index in [1.165, 1.54) is 89.9 Å². The lowest BCUT2D eigenvalue weighted by molar-refractivity contribution is 0.0987. The number of hydrogen-bond donors (Lipinski definition) is 2. The monoisotopic (exact) mass is 416 g/mol. The Hall–Kier alpha value is -1.84. The molecule has 0 aliphatic rings. The largest absolute Gasteiger partial charge is 0.366 e. The molecule has 0 saturated carbocycles. The van der Waals surface area contributed by atoms with Gasteiger partial charge in [0.15, 0.2) is 0 Å². The first-order valence-corrected chi connectivity index (χ1v) is 12.3. The van der Waals surface area contributed by atoms with Gasteiger partial charge in [0.25, 0.3) is 0 Å². The summed E-state index contributed by atoms with van der Waals surface area (Å²) in [6.07, 6.45) is 22.1. The molecule has 0 heterocycles. The van der Waals surface area contributed by atoms with E-state index in [0.717, 1.165) is 24.8 Å². The lowest BCUT2D eigenvalue weighted by Gasteiger charge is -2.08. The van der Waals surface area contributed by atoms with Crippen molar-refractivity contribution in [2.24, 2.45) is 11.5 Å². The van der Waals surface area contributed by atoms with Crippen molar-refractivity contribution >= 4 is 11.8 Å². The normalized spacial score (nSPS) is 11.0. The maximum absolute atomic E-state index is 11.6. The first kappa shape index (κ1) is 26.2. The summed E-state index contributed by atoms with van der Waals surface area (Å²) in [6.45, 7) is 2.27. The Labute approximate surface area is 184 Å². The van der Waals surface area contributed by atoms with Gasteiger partial charge in [-0.1, -0.05) is 103 Å². The highest BCUT2D eigenvalue weighted by atomic mass is 16.1. The third kappa shape index (κ3) is 12.0. The van der Waals surface area contributed by atoms with E-state index in [2.05, 4.69) is 6.92 Å². The topological polar surface area (TPSA) is 86.2 Å². The zero-order chi connectivity index (χ0) is 22.0. The SMILES string of the molecule is CCCCCCCCCCCCCCCCCCc1cc(C(N)=O)ccc1C(N)=O. The molecule has 0 aromatic heterocycles. The molecule has 0 bridgehead atoms. The number of benzene rings is 1.